The summed E-state index contributed by atoms with van der Waals surface area (Å²) >= 11 is 0. The zero-order chi connectivity index (χ0) is 11.6. The van der Waals surface area contributed by atoms with Crippen molar-refractivity contribution in [1.82, 2.24) is 15.5 Å². The van der Waals surface area contributed by atoms with E-state index in [2.05, 4.69) is 10.6 Å². The van der Waals surface area contributed by atoms with E-state index in [9.17, 15) is 4.79 Å². The minimum Gasteiger partial charge on any atom is -0.394 e. The topological polar surface area (TPSA) is 73.8 Å². The number of carbonyl (C=O) groups excluding carboxylic acids is 1. The fraction of sp³-hybridized carbons (Fsp3) is 0.900. The van der Waals surface area contributed by atoms with Crippen molar-refractivity contribution in [3.8, 4) is 0 Å². The second kappa shape index (κ2) is 8.32. The number of hydrogen-bond donors (Lipinski definition) is 3. The van der Waals surface area contributed by atoms with Crippen molar-refractivity contribution in [3.63, 3.8) is 0 Å². The number of nitrogens with zero attached hydrogens (tertiary/aromatic N) is 1. The fourth-order valence-corrected chi connectivity index (χ4v) is 1.53. The Labute approximate surface area is 95.9 Å². The van der Waals surface area contributed by atoms with Crippen LogP contribution >= 0.6 is 0 Å². The normalized spacial score (nSPS) is 15.6. The standard InChI is InChI=1S/C10H21N3O3/c14-7-9-16-8-1-2-11-3-5-13-6-4-12-10(13)15/h11,14H,1-9H2,(H,12,15). The number of aliphatic hydroxyl groups is 1. The summed E-state index contributed by atoms with van der Waals surface area (Å²) in [5.41, 5.74) is 0. The number of urea groups is 1. The first-order valence-electron chi connectivity index (χ1n) is 5.76. The second-order valence-electron chi connectivity index (χ2n) is 3.66. The Bertz CT molecular complexity index is 202. The molecule has 1 rings (SSSR count). The highest BCUT2D eigenvalue weighted by Gasteiger charge is 2.17. The molecule has 0 bridgehead atoms. The fourth-order valence-electron chi connectivity index (χ4n) is 1.53. The van der Waals surface area contributed by atoms with E-state index in [1.807, 2.05) is 0 Å². The van der Waals surface area contributed by atoms with Gasteiger partial charge in [-0.1, -0.05) is 0 Å². The zero-order valence-electron chi connectivity index (χ0n) is 9.57. The van der Waals surface area contributed by atoms with Gasteiger partial charge in [0.25, 0.3) is 0 Å². The minimum absolute atomic E-state index is 0.0353. The quantitative estimate of drug-likeness (QED) is 0.445. The van der Waals surface area contributed by atoms with Crippen LogP contribution < -0.4 is 10.6 Å². The molecule has 3 N–H and O–H groups in total. The van der Waals surface area contributed by atoms with Crippen molar-refractivity contribution in [2.45, 2.75) is 6.42 Å². The largest absolute Gasteiger partial charge is 0.394 e. The first-order chi connectivity index (χ1) is 7.84. The molecule has 1 heterocycles. The Morgan fingerprint density at radius 2 is 2.31 bits per heavy atom. The number of amides is 2. The number of rotatable bonds is 9. The maximum Gasteiger partial charge on any atom is 0.317 e. The molecule has 0 aromatic rings. The lowest BCUT2D eigenvalue weighted by Crippen LogP contribution is -2.35. The van der Waals surface area contributed by atoms with Crippen molar-refractivity contribution >= 4 is 6.03 Å². The van der Waals surface area contributed by atoms with Gasteiger partial charge in [-0.25, -0.2) is 4.79 Å². The van der Waals surface area contributed by atoms with Crippen LogP contribution in [0.1, 0.15) is 6.42 Å². The van der Waals surface area contributed by atoms with E-state index in [4.69, 9.17) is 9.84 Å². The van der Waals surface area contributed by atoms with Gasteiger partial charge in [-0.3, -0.25) is 0 Å². The summed E-state index contributed by atoms with van der Waals surface area (Å²) in [6.07, 6.45) is 0.923. The van der Waals surface area contributed by atoms with Crippen LogP contribution in [0.25, 0.3) is 0 Å². The number of hydrogen-bond acceptors (Lipinski definition) is 4. The Morgan fingerprint density at radius 1 is 1.44 bits per heavy atom. The van der Waals surface area contributed by atoms with Crippen molar-refractivity contribution in [2.24, 2.45) is 0 Å². The summed E-state index contributed by atoms with van der Waals surface area (Å²) < 4.78 is 5.12. The summed E-state index contributed by atoms with van der Waals surface area (Å²) in [5.74, 6) is 0. The average molecular weight is 231 g/mol. The molecule has 6 heteroatoms. The van der Waals surface area contributed by atoms with Crippen LogP contribution in [0.15, 0.2) is 0 Å². The number of carbonyl (C=O) groups is 1. The molecule has 0 saturated carbocycles. The Balaban J connectivity index is 1.83. The highest BCUT2D eigenvalue weighted by Crippen LogP contribution is 1.94. The molecule has 1 aliphatic heterocycles. The molecular formula is C10H21N3O3. The maximum absolute atomic E-state index is 11.2. The van der Waals surface area contributed by atoms with Gasteiger partial charge in [-0.2, -0.15) is 0 Å². The molecule has 0 radical (unpaired) electrons. The summed E-state index contributed by atoms with van der Waals surface area (Å²) in [6.45, 7) is 5.16. The number of nitrogens with one attached hydrogen (secondary N) is 2. The van der Waals surface area contributed by atoms with E-state index < -0.39 is 0 Å². The first-order valence-corrected chi connectivity index (χ1v) is 5.76. The van der Waals surface area contributed by atoms with Crippen molar-refractivity contribution < 1.29 is 14.6 Å². The molecule has 1 fully saturated rings. The van der Waals surface area contributed by atoms with Crippen LogP contribution in [0, 0.1) is 0 Å². The van der Waals surface area contributed by atoms with Crippen molar-refractivity contribution in [3.05, 3.63) is 0 Å². The predicted octanol–water partition coefficient (Wildman–Crippen LogP) is -1.000. The first kappa shape index (κ1) is 13.2. The SMILES string of the molecule is O=C1NCCN1CCNCCCOCCO. The molecule has 0 unspecified atom stereocenters. The highest BCUT2D eigenvalue weighted by atomic mass is 16.5. The van der Waals surface area contributed by atoms with Crippen LogP contribution in [-0.4, -0.2) is 68.6 Å². The lowest BCUT2D eigenvalue weighted by atomic mass is 10.4. The highest BCUT2D eigenvalue weighted by molar-refractivity contribution is 5.76. The zero-order valence-corrected chi connectivity index (χ0v) is 9.57. The van der Waals surface area contributed by atoms with Gasteiger partial charge in [0.15, 0.2) is 0 Å². The van der Waals surface area contributed by atoms with Crippen LogP contribution in [0.5, 0.6) is 0 Å². The van der Waals surface area contributed by atoms with Gasteiger partial charge in [-0.05, 0) is 13.0 Å². The van der Waals surface area contributed by atoms with Crippen molar-refractivity contribution in [2.75, 3.05) is 52.5 Å². The van der Waals surface area contributed by atoms with Gasteiger partial charge in [0.2, 0.25) is 0 Å². The third-order valence-electron chi connectivity index (χ3n) is 2.38. The number of aliphatic hydroxyl groups excluding tert-OH is 1. The van der Waals surface area contributed by atoms with E-state index in [0.29, 0.717) is 13.2 Å². The smallest absolute Gasteiger partial charge is 0.317 e. The molecule has 0 atom stereocenters. The van der Waals surface area contributed by atoms with Gasteiger partial charge in [0, 0.05) is 32.8 Å². The molecule has 0 aliphatic carbocycles. The van der Waals surface area contributed by atoms with Crippen LogP contribution in [0.4, 0.5) is 4.79 Å². The molecule has 1 saturated heterocycles. The Hall–Kier alpha value is -0.850. The lowest BCUT2D eigenvalue weighted by Gasteiger charge is -2.14. The molecular weight excluding hydrogens is 210 g/mol. The van der Waals surface area contributed by atoms with E-state index in [1.165, 1.54) is 0 Å². The molecule has 94 valence electrons. The van der Waals surface area contributed by atoms with Gasteiger partial charge < -0.3 is 25.4 Å². The van der Waals surface area contributed by atoms with Gasteiger partial charge >= 0.3 is 6.03 Å². The molecule has 6 nitrogen and oxygen atoms in total. The van der Waals surface area contributed by atoms with Gasteiger partial charge in [0.1, 0.15) is 0 Å². The molecule has 2 amide bonds. The van der Waals surface area contributed by atoms with E-state index >= 15 is 0 Å². The molecule has 0 spiro atoms. The van der Waals surface area contributed by atoms with E-state index in [1.54, 1.807) is 4.90 Å². The van der Waals surface area contributed by atoms with Gasteiger partial charge in [-0.15, -0.1) is 0 Å². The minimum atomic E-state index is 0.0353. The summed E-state index contributed by atoms with van der Waals surface area (Å²) in [4.78, 5) is 13.0. The summed E-state index contributed by atoms with van der Waals surface area (Å²) in [5, 5.41) is 14.5. The molecule has 16 heavy (non-hydrogen) atoms. The van der Waals surface area contributed by atoms with Crippen LogP contribution in [0.3, 0.4) is 0 Å². The Kier molecular flexibility index (Phi) is 6.87. The monoisotopic (exact) mass is 231 g/mol. The number of ether oxygens (including phenoxy) is 1. The lowest BCUT2D eigenvalue weighted by molar-refractivity contribution is 0.0907. The average Bonchev–Trinajstić information content (AvgIpc) is 2.68. The van der Waals surface area contributed by atoms with Crippen LogP contribution in [-0.2, 0) is 4.74 Å². The predicted molar refractivity (Wildman–Crippen MR) is 60.4 cm³/mol. The molecule has 0 aromatic heterocycles. The van der Waals surface area contributed by atoms with Gasteiger partial charge in [0.05, 0.1) is 13.2 Å². The summed E-state index contributed by atoms with van der Waals surface area (Å²) in [7, 11) is 0. The van der Waals surface area contributed by atoms with Crippen molar-refractivity contribution in [1.29, 1.82) is 0 Å². The summed E-state index contributed by atoms with van der Waals surface area (Å²) in [6, 6.07) is 0.0353. The van der Waals surface area contributed by atoms with Crippen LogP contribution in [0.2, 0.25) is 0 Å². The molecule has 1 aliphatic rings. The maximum atomic E-state index is 11.2. The van der Waals surface area contributed by atoms with E-state index in [-0.39, 0.29) is 12.6 Å². The van der Waals surface area contributed by atoms with E-state index in [0.717, 1.165) is 39.1 Å². The third-order valence-corrected chi connectivity index (χ3v) is 2.38. The molecule has 0 aromatic carbocycles. The second-order valence-corrected chi connectivity index (χ2v) is 3.66. The third kappa shape index (κ3) is 5.29. The Morgan fingerprint density at radius 3 is 3.00 bits per heavy atom.